The van der Waals surface area contributed by atoms with Gasteiger partial charge in [-0.1, -0.05) is 75.2 Å². The van der Waals surface area contributed by atoms with Gasteiger partial charge in [0.05, 0.1) is 0 Å². The van der Waals surface area contributed by atoms with Crippen LogP contribution in [0.4, 0.5) is 0 Å². The van der Waals surface area contributed by atoms with Crippen molar-refractivity contribution in [1.29, 1.82) is 0 Å². The van der Waals surface area contributed by atoms with Gasteiger partial charge in [-0.15, -0.1) is 0 Å². The fourth-order valence-electron chi connectivity index (χ4n) is 0. The lowest BCUT2D eigenvalue weighted by Crippen LogP contribution is -1.66. The fourth-order valence-corrected chi connectivity index (χ4v) is 0. The average Bonchev–Trinajstić information content (AvgIpc) is 2.10. The number of rotatable bonds is 1. The summed E-state index contributed by atoms with van der Waals surface area (Å²) in [6, 6.07) is 0. The molecule has 0 aromatic rings. The molecule has 0 N–H and O–H groups in total. The number of unbranched alkanes of at least 4 members (excludes halogenated alkanes) is 1. The van der Waals surface area contributed by atoms with Crippen LogP contribution in [0.5, 0.6) is 0 Å². The first-order chi connectivity index (χ1) is 5.65. The SMILES string of the molecule is CC.CC.CC(C)C.CCCC. The zero-order valence-corrected chi connectivity index (χ0v) is 11.0. The van der Waals surface area contributed by atoms with Gasteiger partial charge in [-0.05, 0) is 5.92 Å². The normalized spacial score (nSPS) is 6.50. The first kappa shape index (κ1) is 22.7. The maximum atomic E-state index is 2.18. The van der Waals surface area contributed by atoms with Crippen molar-refractivity contribution in [2.45, 2.75) is 75.2 Å². The molecule has 12 heavy (non-hydrogen) atoms. The van der Waals surface area contributed by atoms with E-state index in [1.54, 1.807) is 0 Å². The third-order valence-electron chi connectivity index (χ3n) is 0.500. The number of hydrogen-bond donors (Lipinski definition) is 0. The van der Waals surface area contributed by atoms with Gasteiger partial charge in [-0.3, -0.25) is 0 Å². The molecule has 0 aromatic carbocycles. The fraction of sp³-hybridized carbons (Fsp3) is 1.00. The molecule has 0 heteroatoms. The zero-order valence-electron chi connectivity index (χ0n) is 11.0. The van der Waals surface area contributed by atoms with Crippen molar-refractivity contribution in [3.8, 4) is 0 Å². The summed E-state index contributed by atoms with van der Waals surface area (Å²) in [6.07, 6.45) is 2.64. The van der Waals surface area contributed by atoms with E-state index in [0.717, 1.165) is 5.92 Å². The van der Waals surface area contributed by atoms with Crippen LogP contribution in [-0.4, -0.2) is 0 Å². The average molecular weight is 176 g/mol. The summed E-state index contributed by atoms with van der Waals surface area (Å²) in [5.41, 5.74) is 0. The maximum Gasteiger partial charge on any atom is -0.0500 e. The summed E-state index contributed by atoms with van der Waals surface area (Å²) in [6.45, 7) is 18.9. The lowest BCUT2D eigenvalue weighted by Gasteiger charge is -1.79. The third-order valence-corrected chi connectivity index (χ3v) is 0.500. The van der Waals surface area contributed by atoms with Gasteiger partial charge in [0.1, 0.15) is 0 Å². The minimum atomic E-state index is 0.833. The summed E-state index contributed by atoms with van der Waals surface area (Å²) >= 11 is 0. The molecular formula is C12H32. The van der Waals surface area contributed by atoms with E-state index in [1.165, 1.54) is 12.8 Å². The van der Waals surface area contributed by atoms with E-state index >= 15 is 0 Å². The Labute approximate surface area is 81.8 Å². The second kappa shape index (κ2) is 44.0. The van der Waals surface area contributed by atoms with Gasteiger partial charge in [0.25, 0.3) is 0 Å². The standard InChI is InChI=1S/2C4H10.2C2H6/c1-4(2)3;1-3-4-2;2*1-2/h4H,1-3H3;3-4H2,1-2H3;2*1-2H3. The lowest BCUT2D eigenvalue weighted by atomic mass is 10.3. The molecule has 0 saturated carbocycles. The van der Waals surface area contributed by atoms with E-state index < -0.39 is 0 Å². The van der Waals surface area contributed by atoms with Gasteiger partial charge in [-0.25, -0.2) is 0 Å². The molecule has 0 aliphatic rings. The maximum absolute atomic E-state index is 2.18. The van der Waals surface area contributed by atoms with Crippen molar-refractivity contribution in [2.24, 2.45) is 5.92 Å². The smallest absolute Gasteiger partial charge is 0.0500 e. The largest absolute Gasteiger partial charge is 0.0683 e. The Morgan fingerprint density at radius 1 is 0.667 bits per heavy atom. The number of hydrogen-bond acceptors (Lipinski definition) is 0. The second-order valence-corrected chi connectivity index (χ2v) is 2.73. The van der Waals surface area contributed by atoms with Crippen LogP contribution in [0.15, 0.2) is 0 Å². The zero-order chi connectivity index (χ0) is 11.0. The summed E-state index contributed by atoms with van der Waals surface area (Å²) in [5.74, 6) is 0.833. The van der Waals surface area contributed by atoms with Crippen LogP contribution in [0.25, 0.3) is 0 Å². The highest BCUT2D eigenvalue weighted by molar-refractivity contribution is 4.20. The van der Waals surface area contributed by atoms with E-state index in [4.69, 9.17) is 0 Å². The summed E-state index contributed by atoms with van der Waals surface area (Å²) in [7, 11) is 0. The van der Waals surface area contributed by atoms with Crippen molar-refractivity contribution in [3.63, 3.8) is 0 Å². The predicted molar refractivity (Wildman–Crippen MR) is 63.8 cm³/mol. The van der Waals surface area contributed by atoms with Crippen molar-refractivity contribution < 1.29 is 0 Å². The van der Waals surface area contributed by atoms with Gasteiger partial charge in [0, 0.05) is 0 Å². The Bertz CT molecular complexity index is 16.5. The molecule has 0 aliphatic heterocycles. The quantitative estimate of drug-likeness (QED) is 0.493. The highest BCUT2D eigenvalue weighted by Crippen LogP contribution is 1.81. The van der Waals surface area contributed by atoms with Crippen molar-refractivity contribution >= 4 is 0 Å². The Kier molecular flexibility index (Phi) is 83.2. The molecule has 0 bridgehead atoms. The van der Waals surface area contributed by atoms with Gasteiger partial charge in [0.2, 0.25) is 0 Å². The van der Waals surface area contributed by atoms with Gasteiger partial charge in [-0.2, -0.15) is 0 Å². The van der Waals surface area contributed by atoms with Crippen LogP contribution in [0.1, 0.15) is 75.2 Å². The molecule has 0 fully saturated rings. The van der Waals surface area contributed by atoms with Crippen molar-refractivity contribution in [3.05, 3.63) is 0 Å². The molecule has 0 nitrogen and oxygen atoms in total. The predicted octanol–water partition coefficient (Wildman–Crippen LogP) is 5.52. The Balaban J connectivity index is -0.0000000380. The van der Waals surface area contributed by atoms with E-state index in [-0.39, 0.29) is 0 Å². The molecule has 0 spiro atoms. The van der Waals surface area contributed by atoms with E-state index in [1.807, 2.05) is 27.7 Å². The Morgan fingerprint density at radius 3 is 0.750 bits per heavy atom. The van der Waals surface area contributed by atoms with E-state index in [9.17, 15) is 0 Å². The first-order valence-corrected chi connectivity index (χ1v) is 5.65. The van der Waals surface area contributed by atoms with E-state index in [0.29, 0.717) is 0 Å². The first-order valence-electron chi connectivity index (χ1n) is 5.65. The lowest BCUT2D eigenvalue weighted by molar-refractivity contribution is 0.737. The topological polar surface area (TPSA) is 0 Å². The van der Waals surface area contributed by atoms with Crippen molar-refractivity contribution in [2.75, 3.05) is 0 Å². The third kappa shape index (κ3) is 810. The van der Waals surface area contributed by atoms with Crippen molar-refractivity contribution in [1.82, 2.24) is 0 Å². The van der Waals surface area contributed by atoms with Crippen LogP contribution in [0.3, 0.4) is 0 Å². The van der Waals surface area contributed by atoms with Gasteiger partial charge < -0.3 is 0 Å². The molecular weight excluding hydrogens is 144 g/mol. The summed E-state index contributed by atoms with van der Waals surface area (Å²) in [5, 5.41) is 0. The molecule has 0 rings (SSSR count). The minimum absolute atomic E-state index is 0.833. The molecule has 0 heterocycles. The summed E-state index contributed by atoms with van der Waals surface area (Å²) < 4.78 is 0. The molecule has 0 radical (unpaired) electrons. The van der Waals surface area contributed by atoms with Crippen LogP contribution in [0.2, 0.25) is 0 Å². The minimum Gasteiger partial charge on any atom is -0.0683 e. The van der Waals surface area contributed by atoms with Crippen LogP contribution in [0, 0.1) is 5.92 Å². The Morgan fingerprint density at radius 2 is 0.750 bits per heavy atom. The van der Waals surface area contributed by atoms with Gasteiger partial charge in [0.15, 0.2) is 0 Å². The summed E-state index contributed by atoms with van der Waals surface area (Å²) in [4.78, 5) is 0. The van der Waals surface area contributed by atoms with Crippen LogP contribution >= 0.6 is 0 Å². The highest BCUT2D eigenvalue weighted by atomic mass is 13.7. The molecule has 0 aliphatic carbocycles. The molecule has 0 amide bonds. The second-order valence-electron chi connectivity index (χ2n) is 2.73. The van der Waals surface area contributed by atoms with Crippen LogP contribution in [-0.2, 0) is 0 Å². The van der Waals surface area contributed by atoms with Crippen LogP contribution < -0.4 is 0 Å². The molecule has 0 aromatic heterocycles. The molecule has 0 atom stereocenters. The van der Waals surface area contributed by atoms with E-state index in [2.05, 4.69) is 34.6 Å². The Hall–Kier alpha value is 0. The van der Waals surface area contributed by atoms with Gasteiger partial charge >= 0.3 is 0 Å². The molecule has 0 unspecified atom stereocenters. The molecule has 80 valence electrons. The highest BCUT2D eigenvalue weighted by Gasteiger charge is 1.68. The monoisotopic (exact) mass is 176 g/mol. The molecule has 0 saturated heterocycles.